The number of nitro benzene ring substituents is 1. The fourth-order valence-corrected chi connectivity index (χ4v) is 4.03. The van der Waals surface area contributed by atoms with Crippen LogP contribution in [0, 0.1) is 17.0 Å². The maximum atomic E-state index is 12.6. The predicted molar refractivity (Wildman–Crippen MR) is 144 cm³/mol. The van der Waals surface area contributed by atoms with Crippen molar-refractivity contribution in [1.29, 1.82) is 0 Å². The Labute approximate surface area is 217 Å². The molecule has 0 unspecified atom stereocenters. The summed E-state index contributed by atoms with van der Waals surface area (Å²) in [7, 11) is 0. The molecule has 3 aromatic carbocycles. The number of hydrogen-bond acceptors (Lipinski definition) is 6. The number of carbonyl (C=O) groups excluding carboxylic acids is 1. The molecule has 1 aromatic heterocycles. The number of amides is 1. The van der Waals surface area contributed by atoms with Crippen LogP contribution >= 0.6 is 23.8 Å². The summed E-state index contributed by atoms with van der Waals surface area (Å²) in [5.41, 5.74) is 4.68. The fraction of sp³-hybridized carbons (Fsp3) is 0.200. The van der Waals surface area contributed by atoms with E-state index in [-0.39, 0.29) is 21.4 Å². The molecule has 4 rings (SSSR count). The molecule has 9 nitrogen and oxygen atoms in total. The summed E-state index contributed by atoms with van der Waals surface area (Å²) in [5, 5.41) is 25.8. The number of fused-ring (bicyclic) bond motifs is 1. The molecule has 184 valence electrons. The Hall–Kier alpha value is -3.89. The summed E-state index contributed by atoms with van der Waals surface area (Å²) in [6.07, 6.45) is 3.35. The largest absolute Gasteiger partial charge is 0.332 e. The van der Waals surface area contributed by atoms with Crippen molar-refractivity contribution in [3.8, 4) is 5.69 Å². The first-order valence-corrected chi connectivity index (χ1v) is 12.1. The smallest absolute Gasteiger partial charge is 0.270 e. The van der Waals surface area contributed by atoms with Gasteiger partial charge in [0.05, 0.1) is 21.2 Å². The molecule has 0 bridgehead atoms. The Bertz CT molecular complexity index is 1470. The van der Waals surface area contributed by atoms with Crippen molar-refractivity contribution in [3.63, 3.8) is 0 Å². The number of aromatic nitrogens is 3. The summed E-state index contributed by atoms with van der Waals surface area (Å²) >= 11 is 11.3. The van der Waals surface area contributed by atoms with E-state index in [4.69, 9.17) is 23.8 Å². The Kier molecular flexibility index (Phi) is 7.56. The fourth-order valence-electron chi connectivity index (χ4n) is 3.62. The van der Waals surface area contributed by atoms with Crippen LogP contribution in [0.4, 0.5) is 11.4 Å². The summed E-state index contributed by atoms with van der Waals surface area (Å²) < 4.78 is 0. The number of nitro groups is 1. The first-order valence-electron chi connectivity index (χ1n) is 11.3. The molecule has 0 saturated heterocycles. The van der Waals surface area contributed by atoms with E-state index in [2.05, 4.69) is 39.9 Å². The lowest BCUT2D eigenvalue weighted by atomic mass is 10.1. The Balaban J connectivity index is 1.50. The van der Waals surface area contributed by atoms with Gasteiger partial charge in [-0.05, 0) is 73.4 Å². The second-order valence-electron chi connectivity index (χ2n) is 8.24. The van der Waals surface area contributed by atoms with Crippen LogP contribution in [0.1, 0.15) is 41.3 Å². The van der Waals surface area contributed by atoms with Crippen LogP contribution in [0.15, 0.2) is 54.6 Å². The topological polar surface area (TPSA) is 115 Å². The van der Waals surface area contributed by atoms with Crippen molar-refractivity contribution in [3.05, 3.63) is 86.4 Å². The second-order valence-corrected chi connectivity index (χ2v) is 9.06. The average Bonchev–Trinajstić information content (AvgIpc) is 3.25. The van der Waals surface area contributed by atoms with Gasteiger partial charge in [-0.2, -0.15) is 4.80 Å². The zero-order valence-corrected chi connectivity index (χ0v) is 21.2. The highest BCUT2D eigenvalue weighted by Gasteiger charge is 2.17. The molecule has 11 heteroatoms. The van der Waals surface area contributed by atoms with E-state index < -0.39 is 10.8 Å². The van der Waals surface area contributed by atoms with Crippen molar-refractivity contribution < 1.29 is 9.72 Å². The quantitative estimate of drug-likeness (QED) is 0.180. The number of nitrogens with zero attached hydrogens (tertiary/aromatic N) is 4. The van der Waals surface area contributed by atoms with E-state index in [1.54, 1.807) is 10.9 Å². The number of anilines is 1. The van der Waals surface area contributed by atoms with Crippen LogP contribution in [-0.4, -0.2) is 30.9 Å². The van der Waals surface area contributed by atoms with E-state index in [1.165, 1.54) is 17.7 Å². The van der Waals surface area contributed by atoms with Crippen molar-refractivity contribution in [1.82, 2.24) is 20.3 Å². The second kappa shape index (κ2) is 10.8. The molecule has 0 fully saturated rings. The van der Waals surface area contributed by atoms with Crippen molar-refractivity contribution in [2.45, 2.75) is 33.1 Å². The number of halogens is 1. The van der Waals surface area contributed by atoms with Gasteiger partial charge in [0.1, 0.15) is 11.0 Å². The van der Waals surface area contributed by atoms with Gasteiger partial charge in [-0.1, -0.05) is 37.1 Å². The maximum Gasteiger partial charge on any atom is 0.270 e. The molecule has 4 aromatic rings. The third-order valence-electron chi connectivity index (χ3n) is 5.59. The van der Waals surface area contributed by atoms with Gasteiger partial charge in [-0.15, -0.1) is 10.2 Å². The summed E-state index contributed by atoms with van der Waals surface area (Å²) in [5.74, 6) is -0.659. The van der Waals surface area contributed by atoms with Gasteiger partial charge in [-0.25, -0.2) is 0 Å². The molecule has 1 amide bonds. The molecular weight excluding hydrogens is 500 g/mol. The monoisotopic (exact) mass is 522 g/mol. The molecule has 0 aliphatic carbocycles. The number of benzene rings is 3. The van der Waals surface area contributed by atoms with Crippen LogP contribution < -0.4 is 10.6 Å². The van der Waals surface area contributed by atoms with Crippen LogP contribution in [-0.2, 0) is 6.42 Å². The van der Waals surface area contributed by atoms with Gasteiger partial charge >= 0.3 is 0 Å². The number of rotatable bonds is 7. The van der Waals surface area contributed by atoms with E-state index in [9.17, 15) is 14.9 Å². The first kappa shape index (κ1) is 25.2. The number of nitrogens with one attached hydrogen (secondary N) is 2. The number of non-ortho nitro benzene ring substituents is 1. The Morgan fingerprint density at radius 2 is 1.81 bits per heavy atom. The molecule has 0 aliphatic rings. The number of hydrogen-bond donors (Lipinski definition) is 2. The average molecular weight is 523 g/mol. The van der Waals surface area contributed by atoms with Gasteiger partial charge in [-0.3, -0.25) is 20.2 Å². The molecule has 0 spiro atoms. The normalized spacial score (nSPS) is 10.9. The number of thiocarbonyl (C=S) groups is 1. The highest BCUT2D eigenvalue weighted by molar-refractivity contribution is 7.80. The van der Waals surface area contributed by atoms with Gasteiger partial charge in [0, 0.05) is 17.8 Å². The number of unbranched alkanes of at least 4 members (excludes halogenated alkanes) is 1. The lowest BCUT2D eigenvalue weighted by Crippen LogP contribution is -2.34. The van der Waals surface area contributed by atoms with Crippen LogP contribution in [0.2, 0.25) is 5.02 Å². The predicted octanol–water partition coefficient (Wildman–Crippen LogP) is 5.76. The van der Waals surface area contributed by atoms with Gasteiger partial charge in [0.2, 0.25) is 0 Å². The molecule has 0 atom stereocenters. The molecule has 0 radical (unpaired) electrons. The lowest BCUT2D eigenvalue weighted by Gasteiger charge is -2.12. The summed E-state index contributed by atoms with van der Waals surface area (Å²) in [6.45, 7) is 4.05. The highest BCUT2D eigenvalue weighted by atomic mass is 35.5. The van der Waals surface area contributed by atoms with Gasteiger partial charge < -0.3 is 5.32 Å². The maximum absolute atomic E-state index is 12.6. The number of aryl methyl sites for hydroxylation is 2. The molecule has 0 aliphatic heterocycles. The molecule has 2 N–H and O–H groups in total. The Morgan fingerprint density at radius 1 is 1.11 bits per heavy atom. The standard InChI is InChI=1S/C25H23ClN6O3S/c1-3-4-5-16-6-8-17(9-7-16)31-29-22-12-15(2)21(14-23(22)30-31)27-25(36)28-24(33)19-13-18(32(34)35)10-11-20(19)26/h6-14H,3-5H2,1-2H3,(H2,27,28,33,36). The van der Waals surface area contributed by atoms with Crippen LogP contribution in [0.3, 0.4) is 0 Å². The third kappa shape index (κ3) is 5.67. The van der Waals surface area contributed by atoms with Crippen molar-refractivity contribution in [2.75, 3.05) is 5.32 Å². The van der Waals surface area contributed by atoms with E-state index in [1.807, 2.05) is 25.1 Å². The zero-order chi connectivity index (χ0) is 25.8. The van der Waals surface area contributed by atoms with Crippen molar-refractivity contribution in [2.24, 2.45) is 0 Å². The Morgan fingerprint density at radius 3 is 2.47 bits per heavy atom. The minimum atomic E-state index is -0.659. The van der Waals surface area contributed by atoms with E-state index in [0.29, 0.717) is 16.7 Å². The SMILES string of the molecule is CCCCc1ccc(-n2nc3cc(C)c(NC(=S)NC(=O)c4cc([N+](=O)[O-])ccc4Cl)cc3n2)cc1. The van der Waals surface area contributed by atoms with E-state index in [0.717, 1.165) is 36.6 Å². The molecular formula is C25H23ClN6O3S. The third-order valence-corrected chi connectivity index (χ3v) is 6.13. The first-order chi connectivity index (χ1) is 17.2. The summed E-state index contributed by atoms with van der Waals surface area (Å²) in [4.78, 5) is 24.6. The lowest BCUT2D eigenvalue weighted by molar-refractivity contribution is -0.384. The van der Waals surface area contributed by atoms with Crippen molar-refractivity contribution >= 4 is 57.2 Å². The minimum Gasteiger partial charge on any atom is -0.332 e. The molecule has 36 heavy (non-hydrogen) atoms. The minimum absolute atomic E-state index is 0.0140. The summed E-state index contributed by atoms with van der Waals surface area (Å²) in [6, 6.07) is 15.5. The van der Waals surface area contributed by atoms with E-state index >= 15 is 0 Å². The zero-order valence-electron chi connectivity index (χ0n) is 19.6. The highest BCUT2D eigenvalue weighted by Crippen LogP contribution is 2.24. The van der Waals surface area contributed by atoms with Crippen LogP contribution in [0.5, 0.6) is 0 Å². The number of carbonyl (C=O) groups is 1. The van der Waals surface area contributed by atoms with Gasteiger partial charge in [0.25, 0.3) is 11.6 Å². The molecule has 1 heterocycles. The molecule has 0 saturated carbocycles. The van der Waals surface area contributed by atoms with Gasteiger partial charge in [0.15, 0.2) is 5.11 Å². The van der Waals surface area contributed by atoms with Crippen LogP contribution in [0.25, 0.3) is 16.7 Å².